The van der Waals surface area contributed by atoms with E-state index in [1.54, 1.807) is 0 Å². The zero-order valence-electron chi connectivity index (χ0n) is 11.1. The zero-order valence-corrected chi connectivity index (χ0v) is 11.1. The Balaban J connectivity index is 1.98. The van der Waals surface area contributed by atoms with E-state index < -0.39 is 0 Å². The van der Waals surface area contributed by atoms with Gasteiger partial charge in [0.25, 0.3) is 0 Å². The number of para-hydroxylation sites is 1. The molecule has 2 heteroatoms. The molecule has 0 aliphatic rings. The SMILES string of the molecule is CC(CC(C#N)Nc1ccccc1)c1ccccc1. The van der Waals surface area contributed by atoms with E-state index in [1.807, 2.05) is 48.5 Å². The summed E-state index contributed by atoms with van der Waals surface area (Å²) >= 11 is 0. The molecule has 2 atom stereocenters. The first-order chi connectivity index (χ1) is 9.29. The van der Waals surface area contributed by atoms with E-state index in [9.17, 15) is 5.26 Å². The van der Waals surface area contributed by atoms with Crippen LogP contribution >= 0.6 is 0 Å². The van der Waals surface area contributed by atoms with Crippen molar-refractivity contribution in [1.29, 1.82) is 5.26 Å². The average molecular weight is 250 g/mol. The molecule has 2 rings (SSSR count). The van der Waals surface area contributed by atoms with Crippen molar-refractivity contribution in [3.05, 3.63) is 66.2 Å². The number of hydrogen-bond acceptors (Lipinski definition) is 2. The molecular formula is C17H18N2. The monoisotopic (exact) mass is 250 g/mol. The topological polar surface area (TPSA) is 35.8 Å². The third kappa shape index (κ3) is 3.86. The molecule has 19 heavy (non-hydrogen) atoms. The molecule has 0 saturated carbocycles. The summed E-state index contributed by atoms with van der Waals surface area (Å²) in [4.78, 5) is 0. The van der Waals surface area contributed by atoms with Gasteiger partial charge in [-0.1, -0.05) is 55.5 Å². The van der Waals surface area contributed by atoms with E-state index >= 15 is 0 Å². The smallest absolute Gasteiger partial charge is 0.115 e. The Morgan fingerprint density at radius 2 is 1.58 bits per heavy atom. The fourth-order valence-corrected chi connectivity index (χ4v) is 2.15. The summed E-state index contributed by atoms with van der Waals surface area (Å²) in [5.41, 5.74) is 2.27. The molecule has 0 spiro atoms. The number of hydrogen-bond donors (Lipinski definition) is 1. The molecule has 0 bridgehead atoms. The highest BCUT2D eigenvalue weighted by molar-refractivity contribution is 5.44. The van der Waals surface area contributed by atoms with E-state index in [0.717, 1.165) is 12.1 Å². The molecule has 0 amide bonds. The Morgan fingerprint density at radius 3 is 2.16 bits per heavy atom. The number of nitrogens with one attached hydrogen (secondary N) is 1. The van der Waals surface area contributed by atoms with Gasteiger partial charge in [-0.05, 0) is 30.0 Å². The van der Waals surface area contributed by atoms with E-state index in [1.165, 1.54) is 5.56 Å². The Hall–Kier alpha value is -2.27. The van der Waals surface area contributed by atoms with E-state index in [4.69, 9.17) is 0 Å². The Labute approximate surface area is 114 Å². The van der Waals surface area contributed by atoms with Crippen LogP contribution in [0.4, 0.5) is 5.69 Å². The molecule has 0 saturated heterocycles. The van der Waals surface area contributed by atoms with Crippen LogP contribution in [-0.2, 0) is 0 Å². The second kappa shape index (κ2) is 6.61. The van der Waals surface area contributed by atoms with Crippen LogP contribution in [0.2, 0.25) is 0 Å². The van der Waals surface area contributed by atoms with Crippen LogP contribution in [0.3, 0.4) is 0 Å². The summed E-state index contributed by atoms with van der Waals surface area (Å²) in [5, 5.41) is 12.5. The number of nitriles is 1. The summed E-state index contributed by atoms with van der Waals surface area (Å²) in [6.45, 7) is 2.16. The Bertz CT molecular complexity index is 528. The lowest BCUT2D eigenvalue weighted by molar-refractivity contribution is 0.652. The first-order valence-corrected chi connectivity index (χ1v) is 6.55. The molecule has 0 aromatic heterocycles. The van der Waals surface area contributed by atoms with Crippen LogP contribution in [-0.4, -0.2) is 6.04 Å². The molecule has 2 nitrogen and oxygen atoms in total. The number of anilines is 1. The molecule has 0 aliphatic heterocycles. The van der Waals surface area contributed by atoms with Gasteiger partial charge in [-0.15, -0.1) is 0 Å². The largest absolute Gasteiger partial charge is 0.370 e. The molecule has 2 aromatic rings. The second-order valence-electron chi connectivity index (χ2n) is 4.74. The summed E-state index contributed by atoms with van der Waals surface area (Å²) in [5.74, 6) is 0.363. The number of benzene rings is 2. The van der Waals surface area contributed by atoms with Gasteiger partial charge in [0.1, 0.15) is 6.04 Å². The molecule has 96 valence electrons. The van der Waals surface area contributed by atoms with Crippen molar-refractivity contribution in [3.63, 3.8) is 0 Å². The minimum Gasteiger partial charge on any atom is -0.370 e. The van der Waals surface area contributed by atoms with E-state index in [-0.39, 0.29) is 6.04 Å². The van der Waals surface area contributed by atoms with Crippen molar-refractivity contribution < 1.29 is 0 Å². The minimum atomic E-state index is -0.169. The van der Waals surface area contributed by atoms with Crippen LogP contribution in [0.1, 0.15) is 24.8 Å². The normalized spacial score (nSPS) is 13.3. The fourth-order valence-electron chi connectivity index (χ4n) is 2.15. The maximum absolute atomic E-state index is 9.27. The van der Waals surface area contributed by atoms with Gasteiger partial charge in [0.05, 0.1) is 6.07 Å². The van der Waals surface area contributed by atoms with E-state index in [2.05, 4.69) is 30.4 Å². The lowest BCUT2D eigenvalue weighted by atomic mass is 9.94. The number of rotatable bonds is 5. The van der Waals surface area contributed by atoms with Gasteiger partial charge in [-0.25, -0.2) is 0 Å². The molecule has 0 heterocycles. The Morgan fingerprint density at radius 1 is 1.00 bits per heavy atom. The highest BCUT2D eigenvalue weighted by Crippen LogP contribution is 2.21. The van der Waals surface area contributed by atoms with Gasteiger partial charge in [-0.3, -0.25) is 0 Å². The molecule has 1 N–H and O–H groups in total. The lowest BCUT2D eigenvalue weighted by Gasteiger charge is -2.18. The predicted molar refractivity (Wildman–Crippen MR) is 78.9 cm³/mol. The van der Waals surface area contributed by atoms with Gasteiger partial charge < -0.3 is 5.32 Å². The fraction of sp³-hybridized carbons (Fsp3) is 0.235. The second-order valence-corrected chi connectivity index (χ2v) is 4.74. The molecular weight excluding hydrogens is 232 g/mol. The highest BCUT2D eigenvalue weighted by atomic mass is 14.9. The Kier molecular flexibility index (Phi) is 4.58. The van der Waals surface area contributed by atoms with Gasteiger partial charge in [0, 0.05) is 5.69 Å². The predicted octanol–water partition coefficient (Wildman–Crippen LogP) is 4.18. The maximum atomic E-state index is 9.27. The third-order valence-corrected chi connectivity index (χ3v) is 3.23. The van der Waals surface area contributed by atoms with Crippen molar-refractivity contribution in [2.45, 2.75) is 25.3 Å². The maximum Gasteiger partial charge on any atom is 0.115 e. The van der Waals surface area contributed by atoms with Gasteiger partial charge in [0.2, 0.25) is 0 Å². The van der Waals surface area contributed by atoms with Gasteiger partial charge >= 0.3 is 0 Å². The molecule has 2 unspecified atom stereocenters. The summed E-state index contributed by atoms with van der Waals surface area (Å²) in [7, 11) is 0. The first kappa shape index (κ1) is 13.2. The van der Waals surface area contributed by atoms with Crippen LogP contribution < -0.4 is 5.32 Å². The van der Waals surface area contributed by atoms with Gasteiger partial charge in [-0.2, -0.15) is 5.26 Å². The van der Waals surface area contributed by atoms with Crippen molar-refractivity contribution in [2.75, 3.05) is 5.32 Å². The molecule has 0 aliphatic carbocycles. The number of nitrogens with zero attached hydrogens (tertiary/aromatic N) is 1. The van der Waals surface area contributed by atoms with Crippen molar-refractivity contribution in [3.8, 4) is 6.07 Å². The van der Waals surface area contributed by atoms with Crippen LogP contribution in [0.5, 0.6) is 0 Å². The quantitative estimate of drug-likeness (QED) is 0.863. The molecule has 0 radical (unpaired) electrons. The minimum absolute atomic E-state index is 0.169. The lowest BCUT2D eigenvalue weighted by Crippen LogP contribution is -2.19. The van der Waals surface area contributed by atoms with Crippen LogP contribution in [0.25, 0.3) is 0 Å². The third-order valence-electron chi connectivity index (χ3n) is 3.23. The standard InChI is InChI=1S/C17H18N2/c1-14(15-8-4-2-5-9-15)12-17(13-18)19-16-10-6-3-7-11-16/h2-11,14,17,19H,12H2,1H3. The summed E-state index contributed by atoms with van der Waals surface area (Å²) in [6.07, 6.45) is 0.801. The molecule has 2 aromatic carbocycles. The van der Waals surface area contributed by atoms with Crippen LogP contribution in [0.15, 0.2) is 60.7 Å². The van der Waals surface area contributed by atoms with Gasteiger partial charge in [0.15, 0.2) is 0 Å². The van der Waals surface area contributed by atoms with E-state index in [0.29, 0.717) is 5.92 Å². The van der Waals surface area contributed by atoms with Crippen molar-refractivity contribution >= 4 is 5.69 Å². The molecule has 0 fully saturated rings. The highest BCUT2D eigenvalue weighted by Gasteiger charge is 2.13. The summed E-state index contributed by atoms with van der Waals surface area (Å²) in [6, 6.07) is 22.4. The van der Waals surface area contributed by atoms with Crippen molar-refractivity contribution in [1.82, 2.24) is 0 Å². The zero-order chi connectivity index (χ0) is 13.5. The average Bonchev–Trinajstić information content (AvgIpc) is 2.48. The first-order valence-electron chi connectivity index (χ1n) is 6.55. The van der Waals surface area contributed by atoms with Crippen LogP contribution in [0, 0.1) is 11.3 Å². The van der Waals surface area contributed by atoms with Crippen molar-refractivity contribution in [2.24, 2.45) is 0 Å². The summed E-state index contributed by atoms with van der Waals surface area (Å²) < 4.78 is 0.